The Morgan fingerprint density at radius 1 is 1.00 bits per heavy atom. The van der Waals surface area contributed by atoms with E-state index in [9.17, 15) is 18.3 Å². The Hall–Kier alpha value is -1.07. The van der Waals surface area contributed by atoms with Crippen LogP contribution in [0.4, 0.5) is 13.2 Å². The molecule has 1 aliphatic rings. The number of aliphatic hydroxyl groups is 1. The van der Waals surface area contributed by atoms with E-state index >= 15 is 0 Å². The van der Waals surface area contributed by atoms with Crippen LogP contribution >= 0.6 is 0 Å². The fourth-order valence-electron chi connectivity index (χ4n) is 3.35. The van der Waals surface area contributed by atoms with Crippen molar-refractivity contribution in [2.75, 3.05) is 14.1 Å². The van der Waals surface area contributed by atoms with Gasteiger partial charge in [-0.3, -0.25) is 0 Å². The van der Waals surface area contributed by atoms with Crippen LogP contribution in [0, 0.1) is 17.5 Å². The molecule has 0 bridgehead atoms. The predicted molar refractivity (Wildman–Crippen MR) is 75.4 cm³/mol. The van der Waals surface area contributed by atoms with E-state index in [0.29, 0.717) is 12.8 Å². The van der Waals surface area contributed by atoms with Gasteiger partial charge in [0.05, 0.1) is 5.54 Å². The van der Waals surface area contributed by atoms with Gasteiger partial charge in [0.2, 0.25) is 0 Å². The minimum Gasteiger partial charge on any atom is -0.386 e. The first-order valence-electron chi connectivity index (χ1n) is 7.39. The van der Waals surface area contributed by atoms with Crippen molar-refractivity contribution < 1.29 is 18.3 Å². The number of likely N-dealkylation sites (N-methyl/N-ethyl adjacent to an activating group) is 1. The fraction of sp³-hybridized carbons (Fsp3) is 0.625. The lowest BCUT2D eigenvalue weighted by Crippen LogP contribution is -2.49. The highest BCUT2D eigenvalue weighted by molar-refractivity contribution is 5.25. The standard InChI is InChI=1S/C16H22F3NO/c1-20(2)16(9-5-3-4-6-10-16)15(21)11-7-8-12(17)14(19)13(11)18/h7-8,15,21H,3-6,9-10H2,1-2H3. The average molecular weight is 301 g/mol. The maximum absolute atomic E-state index is 14.0. The van der Waals surface area contributed by atoms with Gasteiger partial charge in [0.1, 0.15) is 6.10 Å². The summed E-state index contributed by atoms with van der Waals surface area (Å²) >= 11 is 0. The van der Waals surface area contributed by atoms with Crippen molar-refractivity contribution in [2.45, 2.75) is 50.2 Å². The van der Waals surface area contributed by atoms with E-state index in [1.165, 1.54) is 0 Å². The molecule has 1 fully saturated rings. The van der Waals surface area contributed by atoms with Gasteiger partial charge in [-0.25, -0.2) is 13.2 Å². The van der Waals surface area contributed by atoms with E-state index in [0.717, 1.165) is 37.8 Å². The summed E-state index contributed by atoms with van der Waals surface area (Å²) < 4.78 is 40.5. The summed E-state index contributed by atoms with van der Waals surface area (Å²) in [5, 5.41) is 10.7. The summed E-state index contributed by atoms with van der Waals surface area (Å²) in [6, 6.07) is 2.02. The van der Waals surface area contributed by atoms with Gasteiger partial charge in [-0.1, -0.05) is 31.7 Å². The van der Waals surface area contributed by atoms with Crippen LogP contribution in [0.1, 0.15) is 50.2 Å². The van der Waals surface area contributed by atoms with Crippen LogP contribution in [-0.4, -0.2) is 29.6 Å². The summed E-state index contributed by atoms with van der Waals surface area (Å²) in [6.45, 7) is 0. The van der Waals surface area contributed by atoms with Crippen LogP contribution in [0.25, 0.3) is 0 Å². The number of hydrogen-bond donors (Lipinski definition) is 1. The van der Waals surface area contributed by atoms with E-state index in [1.54, 1.807) is 0 Å². The largest absolute Gasteiger partial charge is 0.386 e. The quantitative estimate of drug-likeness (QED) is 0.678. The third-order valence-electron chi connectivity index (χ3n) is 4.73. The highest BCUT2D eigenvalue weighted by Crippen LogP contribution is 2.42. The molecule has 118 valence electrons. The highest BCUT2D eigenvalue weighted by atomic mass is 19.2. The van der Waals surface area contributed by atoms with Crippen molar-refractivity contribution in [3.63, 3.8) is 0 Å². The van der Waals surface area contributed by atoms with Gasteiger partial charge < -0.3 is 10.0 Å². The van der Waals surface area contributed by atoms with Gasteiger partial charge in [-0.05, 0) is 33.0 Å². The summed E-state index contributed by atoms with van der Waals surface area (Å²) in [5.41, 5.74) is -0.800. The second kappa shape index (κ2) is 6.36. The summed E-state index contributed by atoms with van der Waals surface area (Å²) in [5.74, 6) is -4.04. The van der Waals surface area contributed by atoms with Crippen LogP contribution in [0.2, 0.25) is 0 Å². The molecule has 1 atom stereocenters. The number of rotatable bonds is 3. The topological polar surface area (TPSA) is 23.5 Å². The molecular weight excluding hydrogens is 279 g/mol. The number of halogens is 3. The van der Waals surface area contributed by atoms with Crippen molar-refractivity contribution in [2.24, 2.45) is 0 Å². The van der Waals surface area contributed by atoms with Gasteiger partial charge in [-0.2, -0.15) is 0 Å². The number of nitrogens with zero attached hydrogens (tertiary/aromatic N) is 1. The molecule has 0 spiro atoms. The Labute approximate surface area is 123 Å². The first-order chi connectivity index (χ1) is 9.90. The zero-order valence-electron chi connectivity index (χ0n) is 12.5. The molecule has 0 saturated heterocycles. The van der Waals surface area contributed by atoms with Gasteiger partial charge in [-0.15, -0.1) is 0 Å². The van der Waals surface area contributed by atoms with Crippen molar-refractivity contribution in [1.29, 1.82) is 0 Å². The van der Waals surface area contributed by atoms with E-state index < -0.39 is 29.1 Å². The lowest BCUT2D eigenvalue weighted by atomic mass is 9.80. The Morgan fingerprint density at radius 2 is 1.57 bits per heavy atom. The summed E-state index contributed by atoms with van der Waals surface area (Å²) in [6.07, 6.45) is 4.24. The van der Waals surface area contributed by atoms with E-state index in [4.69, 9.17) is 0 Å². The first-order valence-corrected chi connectivity index (χ1v) is 7.39. The van der Waals surface area contributed by atoms with E-state index in [1.807, 2.05) is 19.0 Å². The molecule has 1 unspecified atom stereocenters. The molecule has 2 nitrogen and oxygen atoms in total. The fourth-order valence-corrected chi connectivity index (χ4v) is 3.35. The maximum Gasteiger partial charge on any atom is 0.194 e. The van der Waals surface area contributed by atoms with Crippen molar-refractivity contribution in [3.05, 3.63) is 35.1 Å². The third kappa shape index (κ3) is 2.94. The average Bonchev–Trinajstić information content (AvgIpc) is 2.71. The first kappa shape index (κ1) is 16.3. The predicted octanol–water partition coefficient (Wildman–Crippen LogP) is 3.79. The van der Waals surface area contributed by atoms with Crippen molar-refractivity contribution in [1.82, 2.24) is 4.90 Å². The zero-order valence-corrected chi connectivity index (χ0v) is 12.5. The summed E-state index contributed by atoms with van der Waals surface area (Å²) in [4.78, 5) is 1.89. The Balaban J connectivity index is 2.43. The molecule has 1 aliphatic carbocycles. The third-order valence-corrected chi connectivity index (χ3v) is 4.73. The van der Waals surface area contributed by atoms with Gasteiger partial charge in [0, 0.05) is 5.56 Å². The highest BCUT2D eigenvalue weighted by Gasteiger charge is 2.42. The lowest BCUT2D eigenvalue weighted by molar-refractivity contribution is -0.0220. The molecule has 0 heterocycles. The van der Waals surface area contributed by atoms with Crippen molar-refractivity contribution in [3.8, 4) is 0 Å². The number of aliphatic hydroxyl groups excluding tert-OH is 1. The van der Waals surface area contributed by atoms with Crippen molar-refractivity contribution >= 4 is 0 Å². The molecular formula is C16H22F3NO. The smallest absolute Gasteiger partial charge is 0.194 e. The molecule has 0 amide bonds. The Kier molecular flexibility index (Phi) is 4.94. The van der Waals surface area contributed by atoms with Crippen LogP contribution in [0.5, 0.6) is 0 Å². The SMILES string of the molecule is CN(C)C1(C(O)c2ccc(F)c(F)c2F)CCCCCC1. The normalized spacial score (nSPS) is 20.3. The minimum absolute atomic E-state index is 0.162. The molecule has 1 aromatic carbocycles. The molecule has 21 heavy (non-hydrogen) atoms. The van der Waals surface area contributed by atoms with Gasteiger partial charge >= 0.3 is 0 Å². The van der Waals surface area contributed by atoms with E-state index in [2.05, 4.69) is 0 Å². The van der Waals surface area contributed by atoms with Gasteiger partial charge in [0.15, 0.2) is 17.5 Å². The molecule has 1 aromatic rings. The zero-order chi connectivity index (χ0) is 15.6. The molecule has 0 radical (unpaired) electrons. The molecule has 2 rings (SSSR count). The Bertz CT molecular complexity index is 497. The lowest BCUT2D eigenvalue weighted by Gasteiger charge is -2.43. The van der Waals surface area contributed by atoms with Crippen LogP contribution in [0.3, 0.4) is 0 Å². The van der Waals surface area contributed by atoms with Crippen LogP contribution < -0.4 is 0 Å². The maximum atomic E-state index is 14.0. The molecule has 0 aromatic heterocycles. The van der Waals surface area contributed by atoms with E-state index in [-0.39, 0.29) is 5.56 Å². The summed E-state index contributed by atoms with van der Waals surface area (Å²) in [7, 11) is 3.68. The van der Waals surface area contributed by atoms with Gasteiger partial charge in [0.25, 0.3) is 0 Å². The second-order valence-corrected chi connectivity index (χ2v) is 6.08. The molecule has 1 N–H and O–H groups in total. The monoisotopic (exact) mass is 301 g/mol. The van der Waals surface area contributed by atoms with Crippen LogP contribution in [-0.2, 0) is 0 Å². The number of hydrogen-bond acceptors (Lipinski definition) is 2. The number of benzene rings is 1. The molecule has 5 heteroatoms. The minimum atomic E-state index is -1.52. The Morgan fingerprint density at radius 3 is 2.10 bits per heavy atom. The van der Waals surface area contributed by atoms with Crippen LogP contribution in [0.15, 0.2) is 12.1 Å². The second-order valence-electron chi connectivity index (χ2n) is 6.08. The molecule has 1 saturated carbocycles. The molecule has 0 aliphatic heterocycles.